The highest BCUT2D eigenvalue weighted by Crippen LogP contribution is 2.35. The average Bonchev–Trinajstić information content (AvgIpc) is 2.24. The fourth-order valence-corrected chi connectivity index (χ4v) is 10.2. The molecule has 3 aliphatic rings. The third-order valence-corrected chi connectivity index (χ3v) is 14.7. The van der Waals surface area contributed by atoms with Crippen LogP contribution in [0.5, 0.6) is 0 Å². The number of nitrogens with one attached hydrogen (secondary N) is 5. The van der Waals surface area contributed by atoms with Gasteiger partial charge in [-0.25, -0.2) is 17.8 Å². The van der Waals surface area contributed by atoms with E-state index in [1.54, 1.807) is 42.5 Å². The van der Waals surface area contributed by atoms with Crippen LogP contribution >= 0.6 is 0 Å². The van der Waals surface area contributed by atoms with Gasteiger partial charge in [-0.05, 0) is 78.6 Å². The van der Waals surface area contributed by atoms with Gasteiger partial charge in [-0.3, -0.25) is 43.7 Å². The molecule has 6 amide bonds. The number of carbonyl (C=O) groups is 6. The second-order valence-electron chi connectivity index (χ2n) is 19.2. The predicted octanol–water partition coefficient (Wildman–Crippen LogP) is 4.20. The Labute approximate surface area is 484 Å². The quantitative estimate of drug-likeness (QED) is 0.0245. The molecular weight excluding hydrogens is 1120 g/mol. The van der Waals surface area contributed by atoms with Crippen LogP contribution in [0, 0.1) is 5.82 Å². The van der Waals surface area contributed by atoms with Gasteiger partial charge in [0.2, 0.25) is 17.7 Å². The zero-order valence-electron chi connectivity index (χ0n) is 46.1. The maximum Gasteiger partial charge on any atom is 0.264 e. The molecule has 0 saturated carbocycles. The zero-order chi connectivity index (χ0) is 59.3. The molecule has 0 radical (unpaired) electrons. The lowest BCUT2D eigenvalue weighted by molar-refractivity contribution is -0.136. The van der Waals surface area contributed by atoms with E-state index in [1.807, 2.05) is 6.07 Å². The lowest BCUT2D eigenvalue weighted by Gasteiger charge is -2.27. The summed E-state index contributed by atoms with van der Waals surface area (Å²) in [5, 5.41) is 10.8. The summed E-state index contributed by atoms with van der Waals surface area (Å²) in [6.07, 6.45) is 2.23. The van der Waals surface area contributed by atoms with Crippen LogP contribution in [0.15, 0.2) is 96.0 Å². The Morgan fingerprint density at radius 2 is 1.25 bits per heavy atom. The van der Waals surface area contributed by atoms with Gasteiger partial charge in [0.15, 0.2) is 0 Å². The number of nitrogens with zero attached hydrogens (tertiary/aromatic N) is 2. The van der Waals surface area contributed by atoms with Crippen LogP contribution in [0.25, 0.3) is 22.3 Å². The van der Waals surface area contributed by atoms with Gasteiger partial charge in [-0.1, -0.05) is 30.3 Å². The highest BCUT2D eigenvalue weighted by atomic mass is 32.2. The van der Waals surface area contributed by atoms with E-state index in [1.165, 1.54) is 36.5 Å². The molecule has 4 aromatic carbocycles. The van der Waals surface area contributed by atoms with Crippen molar-refractivity contribution in [3.63, 3.8) is 0 Å². The Kier molecular flexibility index (Phi) is 23.1. The topological polar surface area (TPSA) is 313 Å². The largest absolute Gasteiger partial charge is 0.383 e. The maximum atomic E-state index is 15.6. The van der Waals surface area contributed by atoms with Gasteiger partial charge in [0.25, 0.3) is 27.7 Å². The van der Waals surface area contributed by atoms with Crippen LogP contribution in [0.4, 0.5) is 27.3 Å². The molecule has 7 N–H and O–H groups in total. The molecule has 1 atom stereocenters. The number of nitrogens with two attached hydrogens (primary N) is 1. The summed E-state index contributed by atoms with van der Waals surface area (Å²) in [6.45, 7) is 6.39. The number of fused-ring (bicyclic) bond motifs is 2. The van der Waals surface area contributed by atoms with Crippen LogP contribution < -0.4 is 31.7 Å². The van der Waals surface area contributed by atoms with E-state index in [4.69, 9.17) is 43.6 Å². The normalized spacial score (nSPS) is 14.9. The average molecular weight is 1180 g/mol. The molecule has 0 bridgehead atoms. The molecule has 26 heteroatoms. The molecule has 1 fully saturated rings. The first-order chi connectivity index (χ1) is 40.8. The highest BCUT2D eigenvalue weighted by molar-refractivity contribution is 7.92. The van der Waals surface area contributed by atoms with Crippen molar-refractivity contribution in [2.75, 3.05) is 140 Å². The number of imide groups is 2. The highest BCUT2D eigenvalue weighted by Gasteiger charge is 2.45. The Bertz CT molecular complexity index is 3260. The number of halogens is 1. The van der Waals surface area contributed by atoms with Gasteiger partial charge in [-0.2, -0.15) is 0 Å². The second kappa shape index (κ2) is 31.2. The molecule has 1 saturated heterocycles. The lowest BCUT2D eigenvalue weighted by atomic mass is 9.94. The summed E-state index contributed by atoms with van der Waals surface area (Å²) in [4.78, 5) is 79.9. The molecule has 5 aromatic rings. The molecule has 0 aliphatic carbocycles. The first kappa shape index (κ1) is 62.3. The van der Waals surface area contributed by atoms with Crippen molar-refractivity contribution in [1.29, 1.82) is 0 Å². The number of amides is 6. The van der Waals surface area contributed by atoms with E-state index in [2.05, 4.69) is 31.0 Å². The minimum absolute atomic E-state index is 0.0364. The number of hydrogen-bond acceptors (Lipinski definition) is 19. The number of anilines is 4. The van der Waals surface area contributed by atoms with Crippen molar-refractivity contribution < 1.29 is 79.5 Å². The standard InChI is InChI=1S/C58H67FN8O16S/c59-48-36-43(8-10-44(48)40-34-47(54(60)63-37-40)38-7-9-45-39(33-38)13-15-62-55(45)70)84(74,75)66-42-4-1-3-41(35-42)64-52(69)14-17-76-19-21-78-23-25-80-27-29-82-31-32-83-30-28-81-26-24-79-22-20-77-18-16-61-49-6-2-5-46-53(49)58(73)67(57(46)72)50-11-12-51(68)65-56(50)71/h1-10,33-37,50,61,66H,11-32H2,(H2,60,63)(H,62,70)(H,64,69)(H,65,68,71). The number of piperidine rings is 1. The molecular formula is C58H67FN8O16S. The predicted molar refractivity (Wildman–Crippen MR) is 304 cm³/mol. The minimum atomic E-state index is -4.25. The molecule has 8 rings (SSSR count). The van der Waals surface area contributed by atoms with Crippen molar-refractivity contribution in [1.82, 2.24) is 20.5 Å². The molecule has 1 unspecified atom stereocenters. The number of sulfonamides is 1. The monoisotopic (exact) mass is 1180 g/mol. The van der Waals surface area contributed by atoms with E-state index < -0.39 is 45.5 Å². The second-order valence-corrected chi connectivity index (χ2v) is 20.8. The number of carbonyl (C=O) groups excluding carboxylic acids is 6. The third-order valence-electron chi connectivity index (χ3n) is 13.3. The lowest BCUT2D eigenvalue weighted by Crippen LogP contribution is -2.54. The smallest absolute Gasteiger partial charge is 0.264 e. The van der Waals surface area contributed by atoms with Crippen LogP contribution in [-0.2, 0) is 68.7 Å². The third kappa shape index (κ3) is 17.4. The SMILES string of the molecule is Nc1ncc(-c2ccc(S(=O)(=O)Nc3cccc(NC(=O)CCOCCOCCOCCOCCOCCOCCOCCOCCNc4cccc5c4C(=O)N(C4CCC(=O)NC4=O)C5=O)c3)cc2F)cc1-c1ccc2c(c1)CCNC2=O. The summed E-state index contributed by atoms with van der Waals surface area (Å²) in [7, 11) is -4.25. The van der Waals surface area contributed by atoms with Crippen LogP contribution in [0.2, 0.25) is 0 Å². The number of pyridine rings is 1. The Hall–Kier alpha value is -7.79. The summed E-state index contributed by atoms with van der Waals surface area (Å²) in [5.41, 5.74) is 10.7. The van der Waals surface area contributed by atoms with Gasteiger partial charge in [0, 0.05) is 59.3 Å². The first-order valence-corrected chi connectivity index (χ1v) is 28.9. The van der Waals surface area contributed by atoms with E-state index >= 15 is 4.39 Å². The summed E-state index contributed by atoms with van der Waals surface area (Å²) >= 11 is 0. The van der Waals surface area contributed by atoms with Crippen molar-refractivity contribution in [3.05, 3.63) is 119 Å². The molecule has 1 aromatic heterocycles. The fraction of sp³-hybridized carbons (Fsp3) is 0.397. The number of benzene rings is 4. The Balaban J connectivity index is 0.581. The maximum absolute atomic E-state index is 15.6. The van der Waals surface area contributed by atoms with Gasteiger partial charge >= 0.3 is 0 Å². The van der Waals surface area contributed by atoms with E-state index in [0.717, 1.165) is 16.5 Å². The van der Waals surface area contributed by atoms with Crippen molar-refractivity contribution in [2.24, 2.45) is 0 Å². The molecule has 84 heavy (non-hydrogen) atoms. The number of aromatic nitrogens is 1. The molecule has 0 spiro atoms. The van der Waals surface area contributed by atoms with Crippen LogP contribution in [0.3, 0.4) is 0 Å². The molecule has 24 nitrogen and oxygen atoms in total. The minimum Gasteiger partial charge on any atom is -0.383 e. The van der Waals surface area contributed by atoms with Crippen LogP contribution in [-0.4, -0.2) is 179 Å². The van der Waals surface area contributed by atoms with E-state index in [-0.39, 0.29) is 77.4 Å². The van der Waals surface area contributed by atoms with E-state index in [9.17, 15) is 37.2 Å². The summed E-state index contributed by atoms with van der Waals surface area (Å²) < 4.78 is 89.1. The van der Waals surface area contributed by atoms with Crippen molar-refractivity contribution >= 4 is 68.3 Å². The first-order valence-electron chi connectivity index (χ1n) is 27.4. The number of ether oxygens (including phenoxy) is 8. The molecule has 448 valence electrons. The Morgan fingerprint density at radius 1 is 0.643 bits per heavy atom. The summed E-state index contributed by atoms with van der Waals surface area (Å²) in [5.74, 6) is -3.33. The van der Waals surface area contributed by atoms with E-state index in [0.29, 0.717) is 146 Å². The van der Waals surface area contributed by atoms with Gasteiger partial charge < -0.3 is 59.6 Å². The zero-order valence-corrected chi connectivity index (χ0v) is 46.9. The number of rotatable bonds is 35. The van der Waals surface area contributed by atoms with Crippen molar-refractivity contribution in [3.8, 4) is 22.3 Å². The Morgan fingerprint density at radius 3 is 1.89 bits per heavy atom. The van der Waals surface area contributed by atoms with Gasteiger partial charge in [0.05, 0.1) is 134 Å². The molecule has 3 aliphatic heterocycles. The fourth-order valence-electron chi connectivity index (χ4n) is 9.17. The molecule has 4 heterocycles. The van der Waals surface area contributed by atoms with Crippen LogP contribution in [0.1, 0.15) is 55.9 Å². The van der Waals surface area contributed by atoms with Gasteiger partial charge in [-0.15, -0.1) is 0 Å². The number of nitrogen functional groups attached to an aromatic ring is 1. The van der Waals surface area contributed by atoms with Gasteiger partial charge in [0.1, 0.15) is 17.7 Å². The summed E-state index contributed by atoms with van der Waals surface area (Å²) in [6, 6.07) is 20.5. The van der Waals surface area contributed by atoms with Crippen molar-refractivity contribution in [2.45, 2.75) is 36.6 Å². The number of hydrogen-bond donors (Lipinski definition) is 6.